The smallest absolute Gasteiger partial charge is 0.305 e. The zero-order chi connectivity index (χ0) is 15.2. The van der Waals surface area contributed by atoms with E-state index in [1.165, 1.54) is 6.07 Å². The number of aryl methyl sites for hydroxylation is 1. The Labute approximate surface area is 122 Å². The van der Waals surface area contributed by atoms with E-state index in [-0.39, 0.29) is 25.3 Å². The minimum Gasteiger partial charge on any atom is -0.481 e. The maximum absolute atomic E-state index is 13.8. The van der Waals surface area contributed by atoms with Crippen molar-refractivity contribution in [1.82, 2.24) is 4.98 Å². The van der Waals surface area contributed by atoms with Gasteiger partial charge in [0.15, 0.2) is 0 Å². The summed E-state index contributed by atoms with van der Waals surface area (Å²) in [5, 5.41) is 8.85. The van der Waals surface area contributed by atoms with Gasteiger partial charge in [0.2, 0.25) is 0 Å². The molecule has 2 rings (SSSR count). The van der Waals surface area contributed by atoms with Gasteiger partial charge in [0.25, 0.3) is 0 Å². The summed E-state index contributed by atoms with van der Waals surface area (Å²) < 4.78 is 13.8. The summed E-state index contributed by atoms with van der Waals surface area (Å²) in [5.74, 6) is -0.546. The number of aliphatic carboxylic acids is 1. The van der Waals surface area contributed by atoms with Gasteiger partial charge in [0.05, 0.1) is 6.42 Å². The Hall–Kier alpha value is -2.43. The highest BCUT2D eigenvalue weighted by atomic mass is 19.1. The number of nitrogens with zero attached hydrogens (tertiary/aromatic N) is 2. The van der Waals surface area contributed by atoms with Crippen LogP contribution in [0.3, 0.4) is 0 Å². The van der Waals surface area contributed by atoms with Gasteiger partial charge in [-0.05, 0) is 24.6 Å². The number of anilines is 1. The van der Waals surface area contributed by atoms with Crippen LogP contribution in [0.4, 0.5) is 10.2 Å². The Bertz CT molecular complexity index is 614. The molecule has 0 fully saturated rings. The number of carboxylic acids is 1. The average Bonchev–Trinajstić information content (AvgIpc) is 2.46. The molecule has 0 atom stereocenters. The molecule has 0 aliphatic carbocycles. The molecule has 0 amide bonds. The summed E-state index contributed by atoms with van der Waals surface area (Å²) in [7, 11) is 0. The standard InChI is InChI=1S/C16H17FN2O2/c1-12-6-7-15(18-10-12)19(9-8-16(20)21)11-13-4-2-3-5-14(13)17/h2-7,10H,8-9,11H2,1H3,(H,20,21). The first kappa shape index (κ1) is 15.0. The van der Waals surface area contributed by atoms with E-state index in [9.17, 15) is 9.18 Å². The molecule has 5 heteroatoms. The lowest BCUT2D eigenvalue weighted by Crippen LogP contribution is -2.27. The molecule has 0 spiro atoms. The molecule has 0 aliphatic rings. The molecule has 4 nitrogen and oxygen atoms in total. The Balaban J connectivity index is 2.21. The van der Waals surface area contributed by atoms with E-state index in [1.807, 2.05) is 19.1 Å². The molecular formula is C16H17FN2O2. The molecule has 0 bridgehead atoms. The first-order valence-corrected chi connectivity index (χ1v) is 6.69. The predicted molar refractivity (Wildman–Crippen MR) is 78.7 cm³/mol. The molecule has 1 heterocycles. The van der Waals surface area contributed by atoms with Crippen molar-refractivity contribution in [3.05, 3.63) is 59.5 Å². The summed E-state index contributed by atoms with van der Waals surface area (Å²) >= 11 is 0. The van der Waals surface area contributed by atoms with Gasteiger partial charge in [-0.15, -0.1) is 0 Å². The van der Waals surface area contributed by atoms with Gasteiger partial charge in [0, 0.05) is 24.8 Å². The molecule has 0 unspecified atom stereocenters. The molecule has 0 radical (unpaired) electrons. The molecule has 1 aromatic carbocycles. The van der Waals surface area contributed by atoms with Gasteiger partial charge in [-0.25, -0.2) is 9.37 Å². The maximum Gasteiger partial charge on any atom is 0.305 e. The lowest BCUT2D eigenvalue weighted by Gasteiger charge is -2.23. The van der Waals surface area contributed by atoms with Crippen molar-refractivity contribution in [2.75, 3.05) is 11.4 Å². The fourth-order valence-corrected chi connectivity index (χ4v) is 1.98. The Morgan fingerprint density at radius 3 is 2.67 bits per heavy atom. The Morgan fingerprint density at radius 1 is 1.29 bits per heavy atom. The van der Waals surface area contributed by atoms with Crippen LogP contribution in [0.5, 0.6) is 0 Å². The van der Waals surface area contributed by atoms with E-state index in [1.54, 1.807) is 29.3 Å². The van der Waals surface area contributed by atoms with Crippen LogP contribution in [0.25, 0.3) is 0 Å². The number of aromatic nitrogens is 1. The predicted octanol–water partition coefficient (Wildman–Crippen LogP) is 3.01. The minimum absolute atomic E-state index is 0.0238. The third-order valence-corrected chi connectivity index (χ3v) is 3.13. The first-order valence-electron chi connectivity index (χ1n) is 6.69. The summed E-state index contributed by atoms with van der Waals surface area (Å²) in [4.78, 5) is 16.9. The summed E-state index contributed by atoms with van der Waals surface area (Å²) in [6, 6.07) is 10.2. The highest BCUT2D eigenvalue weighted by molar-refractivity contribution is 5.67. The number of carboxylic acid groups (broad SMARTS) is 1. The van der Waals surface area contributed by atoms with E-state index < -0.39 is 5.97 Å². The molecule has 0 saturated carbocycles. The highest BCUT2D eigenvalue weighted by Gasteiger charge is 2.12. The van der Waals surface area contributed by atoms with Crippen molar-refractivity contribution in [3.8, 4) is 0 Å². The van der Waals surface area contributed by atoms with Crippen LogP contribution in [-0.2, 0) is 11.3 Å². The van der Waals surface area contributed by atoms with Gasteiger partial charge < -0.3 is 10.0 Å². The van der Waals surface area contributed by atoms with Gasteiger partial charge in [-0.1, -0.05) is 24.3 Å². The van der Waals surface area contributed by atoms with E-state index in [0.717, 1.165) is 5.56 Å². The zero-order valence-electron chi connectivity index (χ0n) is 11.8. The lowest BCUT2D eigenvalue weighted by molar-refractivity contribution is -0.136. The first-order chi connectivity index (χ1) is 10.1. The quantitative estimate of drug-likeness (QED) is 0.887. The van der Waals surface area contributed by atoms with Crippen molar-refractivity contribution in [2.45, 2.75) is 19.9 Å². The molecular weight excluding hydrogens is 271 g/mol. The maximum atomic E-state index is 13.8. The number of benzene rings is 1. The second-order valence-electron chi connectivity index (χ2n) is 4.85. The van der Waals surface area contributed by atoms with Crippen LogP contribution >= 0.6 is 0 Å². The normalized spacial score (nSPS) is 10.4. The lowest BCUT2D eigenvalue weighted by atomic mass is 10.2. The minimum atomic E-state index is -0.888. The van der Waals surface area contributed by atoms with Crippen LogP contribution < -0.4 is 4.90 Å². The number of halogens is 1. The Morgan fingerprint density at radius 2 is 2.05 bits per heavy atom. The Kier molecular flexibility index (Phi) is 4.87. The summed E-state index contributed by atoms with van der Waals surface area (Å²) in [6.45, 7) is 2.49. The van der Waals surface area contributed by atoms with E-state index in [4.69, 9.17) is 5.11 Å². The van der Waals surface area contributed by atoms with Crippen molar-refractivity contribution in [3.63, 3.8) is 0 Å². The van der Waals surface area contributed by atoms with Gasteiger partial charge in [-0.3, -0.25) is 4.79 Å². The number of carbonyl (C=O) groups is 1. The molecule has 110 valence electrons. The molecule has 1 N–H and O–H groups in total. The van der Waals surface area contributed by atoms with Gasteiger partial charge in [-0.2, -0.15) is 0 Å². The monoisotopic (exact) mass is 288 g/mol. The van der Waals surface area contributed by atoms with Crippen molar-refractivity contribution >= 4 is 11.8 Å². The van der Waals surface area contributed by atoms with Crippen molar-refractivity contribution < 1.29 is 14.3 Å². The third kappa shape index (κ3) is 4.27. The number of rotatable bonds is 6. The molecule has 0 saturated heterocycles. The molecule has 0 aliphatic heterocycles. The molecule has 2 aromatic rings. The van der Waals surface area contributed by atoms with E-state index in [0.29, 0.717) is 11.4 Å². The van der Waals surface area contributed by atoms with Crippen LogP contribution in [-0.4, -0.2) is 22.6 Å². The van der Waals surface area contributed by atoms with Crippen LogP contribution in [0.1, 0.15) is 17.5 Å². The summed E-state index contributed by atoms with van der Waals surface area (Å²) in [6.07, 6.45) is 1.69. The summed E-state index contributed by atoms with van der Waals surface area (Å²) in [5.41, 5.74) is 1.54. The number of hydrogen-bond donors (Lipinski definition) is 1. The van der Waals surface area contributed by atoms with Gasteiger partial charge in [0.1, 0.15) is 11.6 Å². The van der Waals surface area contributed by atoms with E-state index >= 15 is 0 Å². The van der Waals surface area contributed by atoms with Gasteiger partial charge >= 0.3 is 5.97 Å². The zero-order valence-corrected chi connectivity index (χ0v) is 11.8. The van der Waals surface area contributed by atoms with E-state index in [2.05, 4.69) is 4.98 Å². The second kappa shape index (κ2) is 6.83. The van der Waals surface area contributed by atoms with Crippen molar-refractivity contribution in [1.29, 1.82) is 0 Å². The van der Waals surface area contributed by atoms with Crippen LogP contribution in [0.2, 0.25) is 0 Å². The number of pyridine rings is 1. The van der Waals surface area contributed by atoms with Crippen molar-refractivity contribution in [2.24, 2.45) is 0 Å². The van der Waals surface area contributed by atoms with Crippen LogP contribution in [0.15, 0.2) is 42.6 Å². The van der Waals surface area contributed by atoms with Crippen LogP contribution in [0, 0.1) is 12.7 Å². The fraction of sp³-hybridized carbons (Fsp3) is 0.250. The molecule has 21 heavy (non-hydrogen) atoms. The number of hydrogen-bond acceptors (Lipinski definition) is 3. The topological polar surface area (TPSA) is 53.4 Å². The molecule has 1 aromatic heterocycles. The average molecular weight is 288 g/mol. The third-order valence-electron chi connectivity index (χ3n) is 3.13. The highest BCUT2D eigenvalue weighted by Crippen LogP contribution is 2.17. The largest absolute Gasteiger partial charge is 0.481 e. The second-order valence-corrected chi connectivity index (χ2v) is 4.85. The SMILES string of the molecule is Cc1ccc(N(CCC(=O)O)Cc2ccccc2F)nc1. The fourth-order valence-electron chi connectivity index (χ4n) is 1.98.